The first-order valence-corrected chi connectivity index (χ1v) is 7.08. The van der Waals surface area contributed by atoms with E-state index in [2.05, 4.69) is 38.2 Å². The molecule has 0 bridgehead atoms. The third-order valence-corrected chi connectivity index (χ3v) is 3.84. The van der Waals surface area contributed by atoms with Crippen molar-refractivity contribution >= 4 is 0 Å². The summed E-state index contributed by atoms with van der Waals surface area (Å²) in [5.41, 5.74) is 3.84. The molecular formula is C16H25NO. The summed E-state index contributed by atoms with van der Waals surface area (Å²) < 4.78 is 6.00. The van der Waals surface area contributed by atoms with E-state index in [1.807, 2.05) is 0 Å². The van der Waals surface area contributed by atoms with E-state index in [-0.39, 0.29) is 0 Å². The fourth-order valence-electron chi connectivity index (χ4n) is 2.89. The SMILES string of the molecule is Cc1cc(C)c(OCCC2CCNCC2)c(C)c1. The maximum absolute atomic E-state index is 6.00. The number of nitrogens with one attached hydrogen (secondary N) is 1. The van der Waals surface area contributed by atoms with Gasteiger partial charge in [-0.15, -0.1) is 0 Å². The predicted octanol–water partition coefficient (Wildman–Crippen LogP) is 3.38. The van der Waals surface area contributed by atoms with Crippen molar-refractivity contribution in [2.45, 2.75) is 40.0 Å². The largest absolute Gasteiger partial charge is 0.493 e. The summed E-state index contributed by atoms with van der Waals surface area (Å²) in [6, 6.07) is 4.40. The molecule has 0 aromatic heterocycles. The maximum Gasteiger partial charge on any atom is 0.125 e. The normalized spacial score (nSPS) is 16.8. The topological polar surface area (TPSA) is 21.3 Å². The number of hydrogen-bond donors (Lipinski definition) is 1. The van der Waals surface area contributed by atoms with Gasteiger partial charge in [0, 0.05) is 0 Å². The zero-order valence-electron chi connectivity index (χ0n) is 11.9. The zero-order valence-corrected chi connectivity index (χ0v) is 11.9. The van der Waals surface area contributed by atoms with Gasteiger partial charge in [0.25, 0.3) is 0 Å². The summed E-state index contributed by atoms with van der Waals surface area (Å²) >= 11 is 0. The standard InChI is InChI=1S/C16H25NO/c1-12-10-13(2)16(14(3)11-12)18-9-6-15-4-7-17-8-5-15/h10-11,15,17H,4-9H2,1-3H3. The minimum absolute atomic E-state index is 0.845. The first-order chi connectivity index (χ1) is 8.66. The molecule has 2 rings (SSSR count). The first-order valence-electron chi connectivity index (χ1n) is 7.08. The number of aryl methyl sites for hydroxylation is 3. The van der Waals surface area contributed by atoms with Crippen molar-refractivity contribution in [1.82, 2.24) is 5.32 Å². The molecule has 0 radical (unpaired) electrons. The molecule has 1 N–H and O–H groups in total. The highest BCUT2D eigenvalue weighted by atomic mass is 16.5. The van der Waals surface area contributed by atoms with Gasteiger partial charge in [-0.05, 0) is 70.2 Å². The molecule has 1 aromatic rings. The van der Waals surface area contributed by atoms with Crippen molar-refractivity contribution in [1.29, 1.82) is 0 Å². The first kappa shape index (κ1) is 13.4. The fraction of sp³-hybridized carbons (Fsp3) is 0.625. The Hall–Kier alpha value is -1.02. The van der Waals surface area contributed by atoms with Crippen LogP contribution >= 0.6 is 0 Å². The van der Waals surface area contributed by atoms with Crippen LogP contribution in [0.3, 0.4) is 0 Å². The molecule has 1 aliphatic heterocycles. The Morgan fingerprint density at radius 3 is 2.33 bits per heavy atom. The summed E-state index contributed by atoms with van der Waals surface area (Å²) in [4.78, 5) is 0. The third kappa shape index (κ3) is 3.49. The lowest BCUT2D eigenvalue weighted by molar-refractivity contribution is 0.249. The highest BCUT2D eigenvalue weighted by Gasteiger charge is 2.13. The van der Waals surface area contributed by atoms with Gasteiger partial charge in [0.15, 0.2) is 0 Å². The number of hydrogen-bond acceptors (Lipinski definition) is 2. The average Bonchev–Trinajstić information content (AvgIpc) is 2.34. The summed E-state index contributed by atoms with van der Waals surface area (Å²) in [7, 11) is 0. The molecule has 18 heavy (non-hydrogen) atoms. The van der Waals surface area contributed by atoms with Crippen molar-refractivity contribution in [3.05, 3.63) is 28.8 Å². The Bertz CT molecular complexity index is 371. The molecule has 1 saturated heterocycles. The molecule has 1 aliphatic rings. The van der Waals surface area contributed by atoms with Gasteiger partial charge >= 0.3 is 0 Å². The van der Waals surface area contributed by atoms with Gasteiger partial charge in [-0.3, -0.25) is 0 Å². The Kier molecular flexibility index (Phi) is 4.65. The zero-order chi connectivity index (χ0) is 13.0. The van der Waals surface area contributed by atoms with Crippen molar-refractivity contribution in [3.8, 4) is 5.75 Å². The van der Waals surface area contributed by atoms with Crippen LogP contribution in [-0.4, -0.2) is 19.7 Å². The Morgan fingerprint density at radius 1 is 1.11 bits per heavy atom. The number of benzene rings is 1. The van der Waals surface area contributed by atoms with Gasteiger partial charge in [-0.25, -0.2) is 0 Å². The van der Waals surface area contributed by atoms with Gasteiger partial charge < -0.3 is 10.1 Å². The van der Waals surface area contributed by atoms with E-state index >= 15 is 0 Å². The second kappa shape index (κ2) is 6.24. The molecule has 0 aliphatic carbocycles. The van der Waals surface area contributed by atoms with Crippen molar-refractivity contribution < 1.29 is 4.74 Å². The molecule has 2 nitrogen and oxygen atoms in total. The minimum atomic E-state index is 0.845. The van der Waals surface area contributed by atoms with Gasteiger partial charge in [-0.1, -0.05) is 17.7 Å². The number of piperidine rings is 1. The monoisotopic (exact) mass is 247 g/mol. The van der Waals surface area contributed by atoms with E-state index in [0.717, 1.165) is 18.3 Å². The molecule has 1 aromatic carbocycles. The van der Waals surface area contributed by atoms with Crippen LogP contribution in [0.15, 0.2) is 12.1 Å². The summed E-state index contributed by atoms with van der Waals surface area (Å²) in [6.45, 7) is 9.62. The lowest BCUT2D eigenvalue weighted by Crippen LogP contribution is -2.28. The molecule has 0 amide bonds. The molecule has 2 heteroatoms. The fourth-order valence-corrected chi connectivity index (χ4v) is 2.89. The molecule has 1 fully saturated rings. The highest BCUT2D eigenvalue weighted by Crippen LogP contribution is 2.25. The van der Waals surface area contributed by atoms with E-state index in [9.17, 15) is 0 Å². The molecule has 100 valence electrons. The Labute approximate surface area is 111 Å². The van der Waals surface area contributed by atoms with E-state index in [4.69, 9.17) is 4.74 Å². The Morgan fingerprint density at radius 2 is 1.72 bits per heavy atom. The van der Waals surface area contributed by atoms with Crippen molar-refractivity contribution in [2.75, 3.05) is 19.7 Å². The molecule has 0 unspecified atom stereocenters. The van der Waals surface area contributed by atoms with Gasteiger partial charge in [0.05, 0.1) is 6.61 Å². The third-order valence-electron chi connectivity index (χ3n) is 3.84. The summed E-state index contributed by atoms with van der Waals surface area (Å²) in [5, 5.41) is 3.41. The molecule has 0 atom stereocenters. The minimum Gasteiger partial charge on any atom is -0.493 e. The summed E-state index contributed by atoms with van der Waals surface area (Å²) in [6.07, 6.45) is 3.79. The van der Waals surface area contributed by atoms with Crippen LogP contribution in [0.2, 0.25) is 0 Å². The van der Waals surface area contributed by atoms with Crippen molar-refractivity contribution in [3.63, 3.8) is 0 Å². The van der Waals surface area contributed by atoms with Gasteiger partial charge in [-0.2, -0.15) is 0 Å². The number of ether oxygens (including phenoxy) is 1. The number of rotatable bonds is 4. The second-order valence-electron chi connectivity index (χ2n) is 5.56. The van der Waals surface area contributed by atoms with Crippen LogP contribution in [-0.2, 0) is 0 Å². The smallest absolute Gasteiger partial charge is 0.125 e. The maximum atomic E-state index is 6.00. The highest BCUT2D eigenvalue weighted by molar-refractivity contribution is 5.42. The van der Waals surface area contributed by atoms with E-state index in [1.165, 1.54) is 49.0 Å². The van der Waals surface area contributed by atoms with Crippen LogP contribution in [0.25, 0.3) is 0 Å². The molecule has 0 saturated carbocycles. The van der Waals surface area contributed by atoms with E-state index in [0.29, 0.717) is 0 Å². The molecule has 1 heterocycles. The molecular weight excluding hydrogens is 222 g/mol. The van der Waals surface area contributed by atoms with Gasteiger partial charge in [0.2, 0.25) is 0 Å². The van der Waals surface area contributed by atoms with Crippen molar-refractivity contribution in [2.24, 2.45) is 5.92 Å². The van der Waals surface area contributed by atoms with Gasteiger partial charge in [0.1, 0.15) is 5.75 Å². The van der Waals surface area contributed by atoms with Crippen LogP contribution in [0, 0.1) is 26.7 Å². The van der Waals surface area contributed by atoms with Crippen LogP contribution in [0.4, 0.5) is 0 Å². The average molecular weight is 247 g/mol. The lowest BCUT2D eigenvalue weighted by Gasteiger charge is -2.23. The molecule has 0 spiro atoms. The van der Waals surface area contributed by atoms with Crippen LogP contribution < -0.4 is 10.1 Å². The van der Waals surface area contributed by atoms with Crippen LogP contribution in [0.1, 0.15) is 36.0 Å². The second-order valence-corrected chi connectivity index (χ2v) is 5.56. The Balaban J connectivity index is 1.86. The summed E-state index contributed by atoms with van der Waals surface area (Å²) in [5.74, 6) is 1.94. The van der Waals surface area contributed by atoms with E-state index in [1.54, 1.807) is 0 Å². The van der Waals surface area contributed by atoms with E-state index < -0.39 is 0 Å². The predicted molar refractivity (Wildman–Crippen MR) is 76.4 cm³/mol. The van der Waals surface area contributed by atoms with Crippen LogP contribution in [0.5, 0.6) is 5.75 Å². The lowest BCUT2D eigenvalue weighted by atomic mass is 9.95. The quantitative estimate of drug-likeness (QED) is 0.880.